The second-order valence-corrected chi connectivity index (χ2v) is 7.25. The van der Waals surface area contributed by atoms with Crippen LogP contribution in [0, 0.1) is 11.6 Å². The van der Waals surface area contributed by atoms with Crippen molar-refractivity contribution in [1.82, 2.24) is 5.43 Å². The first-order chi connectivity index (χ1) is 14.3. The molecule has 2 aromatic carbocycles. The number of rotatable bonds is 4. The summed E-state index contributed by atoms with van der Waals surface area (Å²) < 4.78 is 68.4. The van der Waals surface area contributed by atoms with Gasteiger partial charge in [-0.15, -0.1) is 24.5 Å². The molecule has 1 aromatic heterocycles. The summed E-state index contributed by atoms with van der Waals surface area (Å²) in [5, 5.41) is 4.17. The van der Waals surface area contributed by atoms with Crippen molar-refractivity contribution in [2.24, 2.45) is 10.1 Å². The van der Waals surface area contributed by atoms with E-state index in [0.29, 0.717) is 11.3 Å². The van der Waals surface area contributed by atoms with E-state index in [1.54, 1.807) is 12.1 Å². The van der Waals surface area contributed by atoms with Crippen LogP contribution in [0.5, 0.6) is 5.75 Å². The molecule has 0 bridgehead atoms. The Labute approximate surface area is 171 Å². The van der Waals surface area contributed by atoms with Crippen LogP contribution < -0.4 is 10.2 Å². The lowest BCUT2D eigenvalue weighted by Gasteiger charge is -2.14. The van der Waals surface area contributed by atoms with Crippen LogP contribution >= 0.6 is 11.3 Å². The molecule has 0 amide bonds. The van der Waals surface area contributed by atoms with E-state index in [2.05, 4.69) is 20.3 Å². The summed E-state index contributed by atoms with van der Waals surface area (Å²) in [5.41, 5.74) is 3.60. The molecule has 154 valence electrons. The lowest BCUT2D eigenvalue weighted by atomic mass is 10.1. The molecule has 0 spiro atoms. The van der Waals surface area contributed by atoms with E-state index < -0.39 is 18.0 Å². The van der Waals surface area contributed by atoms with Crippen LogP contribution in [0.1, 0.15) is 10.4 Å². The molecule has 0 saturated heterocycles. The molecular formula is C20H12F5N3OS. The van der Waals surface area contributed by atoms with Crippen LogP contribution in [0.3, 0.4) is 0 Å². The minimum absolute atomic E-state index is 0.00591. The molecule has 2 heterocycles. The largest absolute Gasteiger partial charge is 0.573 e. The highest BCUT2D eigenvalue weighted by molar-refractivity contribution is 7.17. The normalized spacial score (nSPS) is 14.0. The van der Waals surface area contributed by atoms with Gasteiger partial charge in [0, 0.05) is 4.88 Å². The second kappa shape index (κ2) is 7.86. The van der Waals surface area contributed by atoms with Crippen molar-refractivity contribution in [2.45, 2.75) is 6.36 Å². The number of alkyl halides is 3. The van der Waals surface area contributed by atoms with Crippen LogP contribution in [0.2, 0.25) is 0 Å². The third-order valence-electron chi connectivity index (χ3n) is 4.15. The Morgan fingerprint density at radius 3 is 2.17 bits per heavy atom. The number of hydrogen-bond donors (Lipinski definition) is 1. The fourth-order valence-corrected chi connectivity index (χ4v) is 3.80. The minimum Gasteiger partial charge on any atom is -0.406 e. The SMILES string of the molecule is Fc1cccc(F)c1C1=NCC(c2ccc(-c3ccc(OC(F)(F)F)cc3)s2)=NN1. The standard InChI is InChI=1S/C20H12F5N3OS/c21-13-2-1-3-14(22)18(13)19-26-10-15(27-28-19)17-9-8-16(30-17)11-4-6-12(7-5-11)29-20(23,24)25/h1-9H,10H2,(H,26,28). The van der Waals surface area contributed by atoms with E-state index in [0.717, 1.165) is 21.9 Å². The van der Waals surface area contributed by atoms with Gasteiger partial charge in [0.25, 0.3) is 0 Å². The number of hydrazone groups is 1. The highest BCUT2D eigenvalue weighted by Crippen LogP contribution is 2.31. The van der Waals surface area contributed by atoms with Gasteiger partial charge in [-0.25, -0.2) is 8.78 Å². The summed E-state index contributed by atoms with van der Waals surface area (Å²) >= 11 is 1.36. The topological polar surface area (TPSA) is 46.0 Å². The number of nitrogens with one attached hydrogen (secondary N) is 1. The number of halogens is 5. The van der Waals surface area contributed by atoms with Crippen molar-refractivity contribution >= 4 is 22.9 Å². The van der Waals surface area contributed by atoms with Gasteiger partial charge in [0.05, 0.1) is 22.7 Å². The Bertz CT molecular complexity index is 1120. The number of thiophene rings is 1. The summed E-state index contributed by atoms with van der Waals surface area (Å²) in [6.45, 7) is 0.119. The van der Waals surface area contributed by atoms with Crippen molar-refractivity contribution in [2.75, 3.05) is 6.54 Å². The molecule has 0 fully saturated rings. The van der Waals surface area contributed by atoms with Crippen LogP contribution in [0.25, 0.3) is 10.4 Å². The first-order valence-electron chi connectivity index (χ1n) is 8.58. The predicted molar refractivity (Wildman–Crippen MR) is 104 cm³/mol. The molecule has 1 N–H and O–H groups in total. The number of aliphatic imine (C=N–C) groups is 1. The maximum atomic E-state index is 13.9. The quantitative estimate of drug-likeness (QED) is 0.560. The number of benzene rings is 2. The van der Waals surface area contributed by atoms with Crippen LogP contribution in [0.4, 0.5) is 22.0 Å². The summed E-state index contributed by atoms with van der Waals surface area (Å²) in [6.07, 6.45) is -4.74. The third kappa shape index (κ3) is 4.33. The first-order valence-corrected chi connectivity index (χ1v) is 9.39. The average molecular weight is 437 g/mol. The van der Waals surface area contributed by atoms with E-state index >= 15 is 0 Å². The number of ether oxygens (including phenoxy) is 1. The van der Waals surface area contributed by atoms with Crippen molar-refractivity contribution in [1.29, 1.82) is 0 Å². The van der Waals surface area contributed by atoms with Gasteiger partial charge in [0.15, 0.2) is 5.84 Å². The molecule has 1 aliphatic rings. The maximum absolute atomic E-state index is 13.9. The molecule has 0 atom stereocenters. The predicted octanol–water partition coefficient (Wildman–Crippen LogP) is 5.35. The zero-order valence-electron chi connectivity index (χ0n) is 15.0. The monoisotopic (exact) mass is 437 g/mol. The molecule has 0 unspecified atom stereocenters. The van der Waals surface area contributed by atoms with Crippen LogP contribution in [0.15, 0.2) is 64.7 Å². The van der Waals surface area contributed by atoms with E-state index in [4.69, 9.17) is 0 Å². The molecule has 10 heteroatoms. The van der Waals surface area contributed by atoms with Crippen molar-refractivity contribution in [3.8, 4) is 16.2 Å². The third-order valence-corrected chi connectivity index (χ3v) is 5.33. The highest BCUT2D eigenvalue weighted by atomic mass is 32.1. The number of nitrogens with zero attached hydrogens (tertiary/aromatic N) is 2. The Hall–Kier alpha value is -3.27. The molecule has 4 rings (SSSR count). The van der Waals surface area contributed by atoms with Crippen LogP contribution in [-0.4, -0.2) is 24.5 Å². The van der Waals surface area contributed by atoms with Gasteiger partial charge < -0.3 is 4.74 Å². The molecule has 1 aliphatic heterocycles. The Morgan fingerprint density at radius 2 is 1.57 bits per heavy atom. The van der Waals surface area contributed by atoms with Gasteiger partial charge in [0.2, 0.25) is 0 Å². The lowest BCUT2D eigenvalue weighted by Crippen LogP contribution is -2.29. The van der Waals surface area contributed by atoms with Crippen molar-refractivity contribution in [3.63, 3.8) is 0 Å². The zero-order chi connectivity index (χ0) is 21.3. The molecule has 3 aromatic rings. The van der Waals surface area contributed by atoms with Crippen molar-refractivity contribution in [3.05, 3.63) is 76.7 Å². The fraction of sp³-hybridized carbons (Fsp3) is 0.100. The molecule has 0 aliphatic carbocycles. The Kier molecular flexibility index (Phi) is 5.25. The second-order valence-electron chi connectivity index (χ2n) is 6.17. The molecule has 0 saturated carbocycles. The molecule has 30 heavy (non-hydrogen) atoms. The van der Waals surface area contributed by atoms with Crippen molar-refractivity contribution < 1.29 is 26.7 Å². The van der Waals surface area contributed by atoms with Crippen LogP contribution in [-0.2, 0) is 0 Å². The fourth-order valence-electron chi connectivity index (χ4n) is 2.81. The van der Waals surface area contributed by atoms with E-state index in [-0.39, 0.29) is 23.7 Å². The summed E-state index contributed by atoms with van der Waals surface area (Å²) in [6, 6.07) is 12.7. The summed E-state index contributed by atoms with van der Waals surface area (Å²) in [7, 11) is 0. The van der Waals surface area contributed by atoms with Gasteiger partial charge in [0.1, 0.15) is 17.4 Å². The van der Waals surface area contributed by atoms with Gasteiger partial charge >= 0.3 is 6.36 Å². The Morgan fingerprint density at radius 1 is 0.900 bits per heavy atom. The van der Waals surface area contributed by atoms with E-state index in [1.165, 1.54) is 41.7 Å². The first kappa shape index (κ1) is 20.0. The van der Waals surface area contributed by atoms with Gasteiger partial charge in [-0.1, -0.05) is 6.07 Å². The summed E-state index contributed by atoms with van der Waals surface area (Å²) in [4.78, 5) is 5.76. The Balaban J connectivity index is 1.48. The molecule has 0 radical (unpaired) electrons. The number of amidine groups is 1. The molecule has 4 nitrogen and oxygen atoms in total. The number of hydrogen-bond acceptors (Lipinski definition) is 5. The van der Waals surface area contributed by atoms with Gasteiger partial charge in [-0.3, -0.25) is 10.4 Å². The van der Waals surface area contributed by atoms with E-state index in [1.807, 2.05) is 0 Å². The molecular weight excluding hydrogens is 425 g/mol. The zero-order valence-corrected chi connectivity index (χ0v) is 15.8. The minimum atomic E-state index is -4.74. The average Bonchev–Trinajstić information content (AvgIpc) is 3.18. The van der Waals surface area contributed by atoms with Gasteiger partial charge in [-0.05, 0) is 54.1 Å². The lowest BCUT2D eigenvalue weighted by molar-refractivity contribution is -0.274. The maximum Gasteiger partial charge on any atom is 0.573 e. The summed E-state index contributed by atoms with van der Waals surface area (Å²) in [5.74, 6) is -1.77. The van der Waals surface area contributed by atoms with Gasteiger partial charge in [-0.2, -0.15) is 5.10 Å². The van der Waals surface area contributed by atoms with E-state index in [9.17, 15) is 22.0 Å². The smallest absolute Gasteiger partial charge is 0.406 e. The highest BCUT2D eigenvalue weighted by Gasteiger charge is 2.31.